The van der Waals surface area contributed by atoms with Gasteiger partial charge in [0.25, 0.3) is 0 Å². The van der Waals surface area contributed by atoms with E-state index in [1.807, 2.05) is 6.92 Å². The fourth-order valence-corrected chi connectivity index (χ4v) is 2.33. The van der Waals surface area contributed by atoms with Gasteiger partial charge in [0.15, 0.2) is 0 Å². The molecule has 0 saturated carbocycles. The van der Waals surface area contributed by atoms with E-state index < -0.39 is 0 Å². The Morgan fingerprint density at radius 1 is 0.905 bits per heavy atom. The number of unbranched alkanes of at least 4 members (excludes halogenated alkanes) is 8. The molecule has 0 aliphatic carbocycles. The molecule has 1 amide bonds. The van der Waals surface area contributed by atoms with Gasteiger partial charge in [-0.3, -0.25) is 4.79 Å². The molecule has 0 aliphatic rings. The van der Waals surface area contributed by atoms with Crippen molar-refractivity contribution in [2.75, 3.05) is 19.6 Å². The fraction of sp³-hybridized carbons (Fsp3) is 0.941. The summed E-state index contributed by atoms with van der Waals surface area (Å²) < 4.78 is 0. The van der Waals surface area contributed by atoms with Crippen molar-refractivity contribution in [2.24, 2.45) is 0 Å². The van der Waals surface area contributed by atoms with Gasteiger partial charge in [0.1, 0.15) is 0 Å². The molecular weight excluding hydrogens is 264 g/mol. The van der Waals surface area contributed by atoms with Gasteiger partial charge in [0.2, 0.25) is 5.91 Å². The van der Waals surface area contributed by atoms with Gasteiger partial charge in [-0.2, -0.15) is 5.06 Å². The minimum absolute atomic E-state index is 0.152. The Labute approximate surface area is 131 Å². The lowest BCUT2D eigenvalue weighted by atomic mass is 10.1. The van der Waals surface area contributed by atoms with Crippen LogP contribution in [0.1, 0.15) is 84.5 Å². The second-order valence-corrected chi connectivity index (χ2v) is 5.83. The van der Waals surface area contributed by atoms with E-state index >= 15 is 0 Å². The normalized spacial score (nSPS) is 11.0. The van der Waals surface area contributed by atoms with E-state index in [2.05, 4.69) is 12.2 Å². The maximum Gasteiger partial charge on any atom is 0.219 e. The van der Waals surface area contributed by atoms with Crippen LogP contribution in [0, 0.1) is 0 Å². The number of carbonyl (C=O) groups is 1. The van der Waals surface area contributed by atoms with Gasteiger partial charge in [-0.15, -0.1) is 0 Å². The number of nitrogens with zero attached hydrogens (tertiary/aromatic N) is 1. The summed E-state index contributed by atoms with van der Waals surface area (Å²) in [6, 6.07) is 0. The number of nitrogens with one attached hydrogen (secondary N) is 1. The molecule has 0 radical (unpaired) electrons. The average Bonchev–Trinajstić information content (AvgIpc) is 2.49. The molecule has 0 aliphatic heterocycles. The molecule has 0 heterocycles. The van der Waals surface area contributed by atoms with Gasteiger partial charge in [-0.05, 0) is 12.8 Å². The van der Waals surface area contributed by atoms with Gasteiger partial charge < -0.3 is 10.5 Å². The first-order valence-electron chi connectivity index (χ1n) is 8.91. The Hall–Kier alpha value is -0.610. The molecule has 2 N–H and O–H groups in total. The lowest BCUT2D eigenvalue weighted by molar-refractivity contribution is -0.121. The second-order valence-electron chi connectivity index (χ2n) is 5.83. The van der Waals surface area contributed by atoms with E-state index in [0.29, 0.717) is 26.1 Å². The van der Waals surface area contributed by atoms with Crippen molar-refractivity contribution in [3.05, 3.63) is 0 Å². The predicted molar refractivity (Wildman–Crippen MR) is 88.5 cm³/mol. The van der Waals surface area contributed by atoms with Crippen LogP contribution in [0.4, 0.5) is 0 Å². The molecule has 0 unspecified atom stereocenters. The van der Waals surface area contributed by atoms with Gasteiger partial charge >= 0.3 is 0 Å². The zero-order valence-electron chi connectivity index (χ0n) is 14.2. The highest BCUT2D eigenvalue weighted by atomic mass is 16.5. The number of rotatable bonds is 15. The minimum atomic E-state index is 0.152. The van der Waals surface area contributed by atoms with Crippen molar-refractivity contribution >= 4 is 5.91 Å². The number of amides is 1. The SMILES string of the molecule is CCCCCCCCCCCC(=O)NCCCN(O)CC. The van der Waals surface area contributed by atoms with Crippen LogP contribution in [-0.2, 0) is 4.79 Å². The van der Waals surface area contributed by atoms with Gasteiger partial charge in [-0.1, -0.05) is 65.2 Å². The molecule has 0 aromatic heterocycles. The first-order chi connectivity index (χ1) is 10.2. The second kappa shape index (κ2) is 15.8. The van der Waals surface area contributed by atoms with E-state index in [1.165, 1.54) is 56.4 Å². The summed E-state index contributed by atoms with van der Waals surface area (Å²) in [6.45, 7) is 6.06. The molecule has 4 nitrogen and oxygen atoms in total. The number of hydrogen-bond donors (Lipinski definition) is 2. The van der Waals surface area contributed by atoms with E-state index in [0.717, 1.165) is 12.8 Å². The van der Waals surface area contributed by atoms with Crippen molar-refractivity contribution in [1.82, 2.24) is 10.4 Å². The van der Waals surface area contributed by atoms with Crippen LogP contribution < -0.4 is 5.32 Å². The molecule has 0 aromatic rings. The maximum absolute atomic E-state index is 11.6. The first kappa shape index (κ1) is 20.4. The smallest absolute Gasteiger partial charge is 0.219 e. The Morgan fingerprint density at radius 3 is 2.05 bits per heavy atom. The summed E-state index contributed by atoms with van der Waals surface area (Å²) in [5, 5.41) is 13.4. The van der Waals surface area contributed by atoms with Gasteiger partial charge in [0.05, 0.1) is 0 Å². The van der Waals surface area contributed by atoms with Crippen molar-refractivity contribution < 1.29 is 10.0 Å². The largest absolute Gasteiger partial charge is 0.356 e. The average molecular weight is 300 g/mol. The van der Waals surface area contributed by atoms with Crippen molar-refractivity contribution in [3.8, 4) is 0 Å². The van der Waals surface area contributed by atoms with Crippen molar-refractivity contribution in [1.29, 1.82) is 0 Å². The lowest BCUT2D eigenvalue weighted by Crippen LogP contribution is -2.28. The van der Waals surface area contributed by atoms with E-state index in [4.69, 9.17) is 0 Å². The molecule has 0 bridgehead atoms. The summed E-state index contributed by atoms with van der Waals surface area (Å²) in [7, 11) is 0. The monoisotopic (exact) mass is 300 g/mol. The van der Waals surface area contributed by atoms with Crippen LogP contribution in [0.15, 0.2) is 0 Å². The summed E-state index contributed by atoms with van der Waals surface area (Å²) in [5.74, 6) is 0.152. The van der Waals surface area contributed by atoms with Crippen LogP contribution in [-0.4, -0.2) is 35.8 Å². The number of carbonyl (C=O) groups excluding carboxylic acids is 1. The van der Waals surface area contributed by atoms with E-state index in [9.17, 15) is 10.0 Å². The Morgan fingerprint density at radius 2 is 1.48 bits per heavy atom. The molecule has 21 heavy (non-hydrogen) atoms. The molecule has 0 fully saturated rings. The first-order valence-corrected chi connectivity index (χ1v) is 8.91. The molecule has 0 rings (SSSR count). The van der Waals surface area contributed by atoms with Crippen molar-refractivity contribution in [3.63, 3.8) is 0 Å². The van der Waals surface area contributed by atoms with E-state index in [-0.39, 0.29) is 5.91 Å². The van der Waals surface area contributed by atoms with Crippen LogP contribution in [0.2, 0.25) is 0 Å². The summed E-state index contributed by atoms with van der Waals surface area (Å²) in [5.41, 5.74) is 0. The molecule has 0 saturated heterocycles. The molecular formula is C17H36N2O2. The third kappa shape index (κ3) is 15.6. The molecule has 0 atom stereocenters. The third-order valence-electron chi connectivity index (χ3n) is 3.79. The number of hydroxylamine groups is 2. The van der Waals surface area contributed by atoms with Crippen LogP contribution >= 0.6 is 0 Å². The minimum Gasteiger partial charge on any atom is -0.356 e. The van der Waals surface area contributed by atoms with Crippen LogP contribution in [0.3, 0.4) is 0 Å². The molecule has 126 valence electrons. The molecule has 0 aromatic carbocycles. The Bertz CT molecular complexity index is 235. The highest BCUT2D eigenvalue weighted by Crippen LogP contribution is 2.10. The van der Waals surface area contributed by atoms with Crippen molar-refractivity contribution in [2.45, 2.75) is 84.5 Å². The lowest BCUT2D eigenvalue weighted by Gasteiger charge is -2.11. The zero-order chi connectivity index (χ0) is 15.8. The zero-order valence-corrected chi connectivity index (χ0v) is 14.2. The summed E-state index contributed by atoms with van der Waals surface area (Å²) >= 11 is 0. The Kier molecular flexibility index (Phi) is 15.3. The van der Waals surface area contributed by atoms with Crippen LogP contribution in [0.5, 0.6) is 0 Å². The third-order valence-corrected chi connectivity index (χ3v) is 3.79. The molecule has 0 spiro atoms. The fourth-order valence-electron chi connectivity index (χ4n) is 2.33. The molecule has 4 heteroatoms. The number of hydrogen-bond acceptors (Lipinski definition) is 3. The highest BCUT2D eigenvalue weighted by Gasteiger charge is 2.01. The quantitative estimate of drug-likeness (QED) is 0.353. The Balaban J connectivity index is 3.19. The van der Waals surface area contributed by atoms with E-state index in [1.54, 1.807) is 0 Å². The maximum atomic E-state index is 11.6. The van der Waals surface area contributed by atoms with Gasteiger partial charge in [0, 0.05) is 26.1 Å². The highest BCUT2D eigenvalue weighted by molar-refractivity contribution is 5.75. The standard InChI is InChI=1S/C17H36N2O2/c1-3-5-6-7-8-9-10-11-12-14-17(20)18-15-13-16-19(21)4-2/h21H,3-16H2,1-2H3,(H,18,20). The van der Waals surface area contributed by atoms with Crippen LogP contribution in [0.25, 0.3) is 0 Å². The topological polar surface area (TPSA) is 52.6 Å². The summed E-state index contributed by atoms with van der Waals surface area (Å²) in [6.07, 6.45) is 13.0. The summed E-state index contributed by atoms with van der Waals surface area (Å²) in [4.78, 5) is 11.6. The van der Waals surface area contributed by atoms with Gasteiger partial charge in [-0.25, -0.2) is 0 Å². The predicted octanol–water partition coefficient (Wildman–Crippen LogP) is 4.12.